The van der Waals surface area contributed by atoms with Crippen molar-refractivity contribution in [3.05, 3.63) is 65.2 Å². The van der Waals surface area contributed by atoms with Crippen LogP contribution in [0, 0.1) is 0 Å². The van der Waals surface area contributed by atoms with Crippen LogP contribution < -0.4 is 16.0 Å². The lowest BCUT2D eigenvalue weighted by atomic mass is 9.90. The number of hydrogen-bond acceptors (Lipinski definition) is 3. The van der Waals surface area contributed by atoms with Gasteiger partial charge in [0.05, 0.1) is 0 Å². The Morgan fingerprint density at radius 3 is 2.75 bits per heavy atom. The first-order chi connectivity index (χ1) is 15.6. The lowest BCUT2D eigenvalue weighted by Gasteiger charge is -2.29. The third-order valence-electron chi connectivity index (χ3n) is 6.19. The predicted octanol–water partition coefficient (Wildman–Crippen LogP) is 2.64. The SMILES string of the molecule is CN=C(NCCCC(=O)N1CCc2ccccc2C1)NCC1CC(=O)Nc2ccccc21. The Bertz CT molecular complexity index is 1000. The molecule has 0 saturated carbocycles. The molecule has 2 aromatic rings. The summed E-state index contributed by atoms with van der Waals surface area (Å²) in [4.78, 5) is 30.9. The highest BCUT2D eigenvalue weighted by atomic mass is 16.2. The molecule has 4 rings (SSSR count). The molecule has 0 radical (unpaired) electrons. The quantitative estimate of drug-likeness (QED) is 0.371. The van der Waals surface area contributed by atoms with Gasteiger partial charge in [-0.1, -0.05) is 42.5 Å². The minimum Gasteiger partial charge on any atom is -0.356 e. The molecule has 3 N–H and O–H groups in total. The fourth-order valence-corrected chi connectivity index (χ4v) is 4.44. The Morgan fingerprint density at radius 2 is 1.91 bits per heavy atom. The van der Waals surface area contributed by atoms with E-state index in [1.54, 1.807) is 7.05 Å². The third-order valence-corrected chi connectivity index (χ3v) is 6.19. The number of hydrogen-bond donors (Lipinski definition) is 3. The van der Waals surface area contributed by atoms with Crippen molar-refractivity contribution < 1.29 is 9.59 Å². The first-order valence-corrected chi connectivity index (χ1v) is 11.3. The number of carbonyl (C=O) groups is 2. The van der Waals surface area contributed by atoms with Crippen molar-refractivity contribution in [2.75, 3.05) is 32.0 Å². The van der Waals surface area contributed by atoms with Crippen molar-refractivity contribution in [3.63, 3.8) is 0 Å². The molecule has 168 valence electrons. The third kappa shape index (κ3) is 5.28. The van der Waals surface area contributed by atoms with E-state index in [1.807, 2.05) is 29.2 Å². The van der Waals surface area contributed by atoms with E-state index in [0.717, 1.165) is 30.6 Å². The van der Waals surface area contributed by atoms with Gasteiger partial charge in [-0.3, -0.25) is 14.6 Å². The van der Waals surface area contributed by atoms with Crippen molar-refractivity contribution in [1.82, 2.24) is 15.5 Å². The number of anilines is 1. The average Bonchev–Trinajstić information content (AvgIpc) is 2.82. The first kappa shape index (κ1) is 21.9. The maximum atomic E-state index is 12.6. The van der Waals surface area contributed by atoms with Crippen LogP contribution in [0.15, 0.2) is 53.5 Å². The van der Waals surface area contributed by atoms with Crippen molar-refractivity contribution in [1.29, 1.82) is 0 Å². The van der Waals surface area contributed by atoms with Crippen LogP contribution in [-0.4, -0.2) is 49.4 Å². The minimum absolute atomic E-state index is 0.0392. The number of carbonyl (C=O) groups excluding carboxylic acids is 2. The zero-order valence-corrected chi connectivity index (χ0v) is 18.6. The monoisotopic (exact) mass is 433 g/mol. The average molecular weight is 434 g/mol. The summed E-state index contributed by atoms with van der Waals surface area (Å²) >= 11 is 0. The molecule has 0 aromatic heterocycles. The highest BCUT2D eigenvalue weighted by Gasteiger charge is 2.25. The molecule has 0 saturated heterocycles. The fourth-order valence-electron chi connectivity index (χ4n) is 4.44. The highest BCUT2D eigenvalue weighted by Crippen LogP contribution is 2.31. The predicted molar refractivity (Wildman–Crippen MR) is 127 cm³/mol. The molecule has 7 nitrogen and oxygen atoms in total. The van der Waals surface area contributed by atoms with Crippen molar-refractivity contribution in [2.24, 2.45) is 4.99 Å². The van der Waals surface area contributed by atoms with E-state index in [4.69, 9.17) is 0 Å². The Kier molecular flexibility index (Phi) is 7.04. The van der Waals surface area contributed by atoms with E-state index in [2.05, 4.69) is 45.2 Å². The number of aliphatic imine (C=N–C) groups is 1. The fraction of sp³-hybridized carbons (Fsp3) is 0.400. The van der Waals surface area contributed by atoms with Gasteiger partial charge in [0.25, 0.3) is 0 Å². The number of para-hydroxylation sites is 1. The molecular weight excluding hydrogens is 402 g/mol. The van der Waals surface area contributed by atoms with Crippen molar-refractivity contribution in [2.45, 2.75) is 38.1 Å². The van der Waals surface area contributed by atoms with Crippen molar-refractivity contribution >= 4 is 23.5 Å². The van der Waals surface area contributed by atoms with E-state index in [1.165, 1.54) is 11.1 Å². The number of nitrogens with one attached hydrogen (secondary N) is 3. The van der Waals surface area contributed by atoms with Crippen LogP contribution >= 0.6 is 0 Å². The molecule has 0 fully saturated rings. The second kappa shape index (κ2) is 10.3. The number of benzene rings is 2. The van der Waals surface area contributed by atoms with Crippen LogP contribution in [-0.2, 0) is 22.6 Å². The van der Waals surface area contributed by atoms with E-state index in [9.17, 15) is 9.59 Å². The summed E-state index contributed by atoms with van der Waals surface area (Å²) in [5.74, 6) is 1.03. The molecule has 0 bridgehead atoms. The number of fused-ring (bicyclic) bond motifs is 2. The molecule has 2 heterocycles. The molecule has 0 aliphatic carbocycles. The van der Waals surface area contributed by atoms with Crippen LogP contribution in [0.4, 0.5) is 5.69 Å². The zero-order chi connectivity index (χ0) is 22.3. The van der Waals surface area contributed by atoms with Crippen LogP contribution in [0.2, 0.25) is 0 Å². The van der Waals surface area contributed by atoms with Gasteiger partial charge < -0.3 is 20.9 Å². The number of guanidine groups is 1. The molecular formula is C25H31N5O2. The Labute approximate surface area is 189 Å². The maximum absolute atomic E-state index is 12.6. The zero-order valence-electron chi connectivity index (χ0n) is 18.6. The van der Waals surface area contributed by atoms with E-state index in [0.29, 0.717) is 38.4 Å². The Balaban J connectivity index is 1.20. The Hall–Kier alpha value is -3.35. The van der Waals surface area contributed by atoms with Crippen molar-refractivity contribution in [3.8, 4) is 0 Å². The summed E-state index contributed by atoms with van der Waals surface area (Å²) < 4.78 is 0. The summed E-state index contributed by atoms with van der Waals surface area (Å²) in [5, 5.41) is 9.54. The van der Waals surface area contributed by atoms with Gasteiger partial charge in [-0.2, -0.15) is 0 Å². The summed E-state index contributed by atoms with van der Waals surface area (Å²) in [6.45, 7) is 2.79. The number of nitrogens with zero attached hydrogens (tertiary/aromatic N) is 2. The molecule has 1 atom stereocenters. The van der Waals surface area contributed by atoms with E-state index < -0.39 is 0 Å². The van der Waals surface area contributed by atoms with Gasteiger partial charge in [0.2, 0.25) is 11.8 Å². The smallest absolute Gasteiger partial charge is 0.225 e. The van der Waals surface area contributed by atoms with Crippen LogP contribution in [0.1, 0.15) is 41.9 Å². The molecule has 32 heavy (non-hydrogen) atoms. The van der Waals surface area contributed by atoms with E-state index >= 15 is 0 Å². The normalized spacial score (nSPS) is 17.8. The maximum Gasteiger partial charge on any atom is 0.225 e. The molecule has 7 heteroatoms. The summed E-state index contributed by atoms with van der Waals surface area (Å²) in [6, 6.07) is 16.3. The molecule has 2 aliphatic heterocycles. The van der Waals surface area contributed by atoms with E-state index in [-0.39, 0.29) is 17.7 Å². The standard InChI is InChI=1S/C25H31N5O2/c1-26-25(28-16-20-15-23(31)29-22-10-5-4-9-21(20)22)27-13-6-11-24(32)30-14-12-18-7-2-3-8-19(18)17-30/h2-5,7-10,20H,6,11-17H2,1H3,(H,29,31)(H2,26,27,28). The molecule has 2 aromatic carbocycles. The second-order valence-electron chi connectivity index (χ2n) is 8.35. The van der Waals surface area contributed by atoms with Crippen LogP contribution in [0.5, 0.6) is 0 Å². The minimum atomic E-state index is 0.0392. The molecule has 2 amide bonds. The van der Waals surface area contributed by atoms with Crippen LogP contribution in [0.3, 0.4) is 0 Å². The van der Waals surface area contributed by atoms with Gasteiger partial charge in [0.15, 0.2) is 5.96 Å². The van der Waals surface area contributed by atoms with Gasteiger partial charge in [0.1, 0.15) is 0 Å². The van der Waals surface area contributed by atoms with Gasteiger partial charge in [-0.25, -0.2) is 0 Å². The molecule has 2 aliphatic rings. The number of amides is 2. The topological polar surface area (TPSA) is 85.8 Å². The Morgan fingerprint density at radius 1 is 1.12 bits per heavy atom. The van der Waals surface area contributed by atoms with Gasteiger partial charge in [-0.05, 0) is 35.6 Å². The largest absolute Gasteiger partial charge is 0.356 e. The van der Waals surface area contributed by atoms with Crippen LogP contribution in [0.25, 0.3) is 0 Å². The lowest BCUT2D eigenvalue weighted by molar-refractivity contribution is -0.132. The molecule has 1 unspecified atom stereocenters. The van der Waals surface area contributed by atoms with Gasteiger partial charge in [0, 0.05) is 57.7 Å². The first-order valence-electron chi connectivity index (χ1n) is 11.3. The highest BCUT2D eigenvalue weighted by molar-refractivity contribution is 5.94. The molecule has 0 spiro atoms. The summed E-state index contributed by atoms with van der Waals surface area (Å²) in [6.07, 6.45) is 2.64. The lowest BCUT2D eigenvalue weighted by Crippen LogP contribution is -2.41. The van der Waals surface area contributed by atoms with Gasteiger partial charge in [-0.15, -0.1) is 0 Å². The number of rotatable bonds is 6. The van der Waals surface area contributed by atoms with Gasteiger partial charge >= 0.3 is 0 Å². The second-order valence-corrected chi connectivity index (χ2v) is 8.35. The summed E-state index contributed by atoms with van der Waals surface area (Å²) in [5.41, 5.74) is 4.64. The summed E-state index contributed by atoms with van der Waals surface area (Å²) in [7, 11) is 1.73.